The zero-order chi connectivity index (χ0) is 15.8. The molecule has 1 fully saturated rings. The monoisotopic (exact) mass is 305 g/mol. The van der Waals surface area contributed by atoms with E-state index in [1.54, 1.807) is 0 Å². The summed E-state index contributed by atoms with van der Waals surface area (Å²) in [6, 6.07) is 17.9. The number of fused-ring (bicyclic) bond motifs is 1. The Morgan fingerprint density at radius 3 is 2.52 bits per heavy atom. The Labute approximate surface area is 134 Å². The van der Waals surface area contributed by atoms with E-state index in [0.29, 0.717) is 11.5 Å². The van der Waals surface area contributed by atoms with Gasteiger partial charge in [0, 0.05) is 16.6 Å². The molecule has 3 aromatic rings. The minimum absolute atomic E-state index is 0.233. The molecule has 1 amide bonds. The highest BCUT2D eigenvalue weighted by molar-refractivity contribution is 6.09. The van der Waals surface area contributed by atoms with E-state index < -0.39 is 0 Å². The Balaban J connectivity index is 1.65. The zero-order valence-corrected chi connectivity index (χ0v) is 12.6. The lowest BCUT2D eigenvalue weighted by Crippen LogP contribution is -2.12. The summed E-state index contributed by atoms with van der Waals surface area (Å²) in [6.45, 7) is 0. The third kappa shape index (κ3) is 2.82. The molecule has 0 atom stereocenters. The van der Waals surface area contributed by atoms with Gasteiger partial charge < -0.3 is 5.32 Å². The van der Waals surface area contributed by atoms with Gasteiger partial charge in [-0.3, -0.25) is 4.79 Å². The van der Waals surface area contributed by atoms with Gasteiger partial charge in [0.05, 0.1) is 0 Å². The number of carbonyl (C=O) groups is 1. The Kier molecular flexibility index (Phi) is 3.34. The van der Waals surface area contributed by atoms with Crippen LogP contribution in [-0.4, -0.2) is 5.91 Å². The maximum absolute atomic E-state index is 13.0. The van der Waals surface area contributed by atoms with Crippen molar-refractivity contribution in [3.05, 3.63) is 77.6 Å². The summed E-state index contributed by atoms with van der Waals surface area (Å²) in [5.41, 5.74) is 2.59. The molecule has 0 unspecified atom stereocenters. The molecule has 3 heteroatoms. The number of hydrogen-bond donors (Lipinski definition) is 1. The van der Waals surface area contributed by atoms with Gasteiger partial charge >= 0.3 is 0 Å². The SMILES string of the molecule is O=C(Nc1cccc2cc(C3CC3)ccc12)c1ccc(F)cc1. The third-order valence-corrected chi connectivity index (χ3v) is 4.31. The van der Waals surface area contributed by atoms with E-state index in [4.69, 9.17) is 0 Å². The van der Waals surface area contributed by atoms with Gasteiger partial charge in [0.1, 0.15) is 5.82 Å². The molecule has 0 heterocycles. The van der Waals surface area contributed by atoms with E-state index in [0.717, 1.165) is 16.5 Å². The van der Waals surface area contributed by atoms with Crippen LogP contribution in [0.5, 0.6) is 0 Å². The highest BCUT2D eigenvalue weighted by Crippen LogP contribution is 2.41. The van der Waals surface area contributed by atoms with Crippen molar-refractivity contribution in [2.75, 3.05) is 5.32 Å². The van der Waals surface area contributed by atoms with Gasteiger partial charge in [-0.1, -0.05) is 30.3 Å². The summed E-state index contributed by atoms with van der Waals surface area (Å²) in [6.07, 6.45) is 2.54. The number of halogens is 1. The maximum atomic E-state index is 13.0. The van der Waals surface area contributed by atoms with Gasteiger partial charge in [-0.05, 0) is 60.0 Å². The predicted molar refractivity (Wildman–Crippen MR) is 90.3 cm³/mol. The van der Waals surface area contributed by atoms with Gasteiger partial charge in [0.2, 0.25) is 0 Å². The normalized spacial score (nSPS) is 14.0. The number of hydrogen-bond acceptors (Lipinski definition) is 1. The molecule has 3 aromatic carbocycles. The molecule has 23 heavy (non-hydrogen) atoms. The quantitative estimate of drug-likeness (QED) is 0.716. The van der Waals surface area contributed by atoms with Crippen molar-refractivity contribution in [2.24, 2.45) is 0 Å². The number of amides is 1. The number of anilines is 1. The summed E-state index contributed by atoms with van der Waals surface area (Å²) < 4.78 is 13.0. The van der Waals surface area contributed by atoms with E-state index in [1.807, 2.05) is 12.1 Å². The van der Waals surface area contributed by atoms with Crippen molar-refractivity contribution in [1.29, 1.82) is 0 Å². The van der Waals surface area contributed by atoms with Crippen LogP contribution in [0.15, 0.2) is 60.7 Å². The highest BCUT2D eigenvalue weighted by atomic mass is 19.1. The first kappa shape index (κ1) is 13.9. The fourth-order valence-corrected chi connectivity index (χ4v) is 2.88. The molecule has 0 radical (unpaired) electrons. The lowest BCUT2D eigenvalue weighted by molar-refractivity contribution is 0.102. The molecule has 0 aliphatic heterocycles. The van der Waals surface area contributed by atoms with Crippen molar-refractivity contribution < 1.29 is 9.18 Å². The standard InChI is InChI=1S/C20H16FNO/c21-17-9-6-14(7-10-17)20(23)22-19-3-1-2-16-12-15(13-4-5-13)8-11-18(16)19/h1-3,6-13H,4-5H2,(H,22,23). The van der Waals surface area contributed by atoms with Gasteiger partial charge in [-0.25, -0.2) is 4.39 Å². The Morgan fingerprint density at radius 2 is 1.78 bits per heavy atom. The molecule has 1 aliphatic rings. The molecular weight excluding hydrogens is 289 g/mol. The van der Waals surface area contributed by atoms with E-state index >= 15 is 0 Å². The first-order valence-electron chi connectivity index (χ1n) is 7.80. The Morgan fingerprint density at radius 1 is 1.00 bits per heavy atom. The zero-order valence-electron chi connectivity index (χ0n) is 12.6. The minimum Gasteiger partial charge on any atom is -0.321 e. The average molecular weight is 305 g/mol. The van der Waals surface area contributed by atoms with Crippen molar-refractivity contribution in [3.63, 3.8) is 0 Å². The second kappa shape index (κ2) is 5.51. The summed E-state index contributed by atoms with van der Waals surface area (Å²) in [5.74, 6) is 0.125. The molecule has 2 nitrogen and oxygen atoms in total. The number of carbonyl (C=O) groups excluding carboxylic acids is 1. The highest BCUT2D eigenvalue weighted by Gasteiger charge is 2.23. The lowest BCUT2D eigenvalue weighted by atomic mass is 10.0. The van der Waals surface area contributed by atoms with E-state index in [2.05, 4.69) is 29.6 Å². The summed E-state index contributed by atoms with van der Waals surface area (Å²) in [7, 11) is 0. The van der Waals surface area contributed by atoms with Crippen LogP contribution in [0, 0.1) is 5.82 Å². The minimum atomic E-state index is -0.348. The van der Waals surface area contributed by atoms with Gasteiger partial charge in [0.15, 0.2) is 0 Å². The average Bonchev–Trinajstić information content (AvgIpc) is 3.40. The van der Waals surface area contributed by atoms with Crippen LogP contribution in [0.4, 0.5) is 10.1 Å². The smallest absolute Gasteiger partial charge is 0.255 e. The van der Waals surface area contributed by atoms with Gasteiger partial charge in [0.25, 0.3) is 5.91 Å². The maximum Gasteiger partial charge on any atom is 0.255 e. The van der Waals surface area contributed by atoms with Crippen LogP contribution in [0.3, 0.4) is 0 Å². The van der Waals surface area contributed by atoms with Gasteiger partial charge in [-0.2, -0.15) is 0 Å². The fourth-order valence-electron chi connectivity index (χ4n) is 2.88. The number of benzene rings is 3. The van der Waals surface area contributed by atoms with Crippen LogP contribution < -0.4 is 5.32 Å². The molecule has 0 saturated heterocycles. The molecule has 0 aromatic heterocycles. The largest absolute Gasteiger partial charge is 0.321 e. The second-order valence-electron chi connectivity index (χ2n) is 6.02. The van der Waals surface area contributed by atoms with Crippen LogP contribution in [0.25, 0.3) is 10.8 Å². The van der Waals surface area contributed by atoms with E-state index in [-0.39, 0.29) is 11.7 Å². The van der Waals surface area contributed by atoms with Gasteiger partial charge in [-0.15, -0.1) is 0 Å². The molecular formula is C20H16FNO. The molecule has 1 aliphatic carbocycles. The summed E-state index contributed by atoms with van der Waals surface area (Å²) in [5, 5.41) is 5.08. The van der Waals surface area contributed by atoms with E-state index in [1.165, 1.54) is 42.7 Å². The van der Waals surface area contributed by atoms with E-state index in [9.17, 15) is 9.18 Å². The number of nitrogens with one attached hydrogen (secondary N) is 1. The summed E-state index contributed by atoms with van der Waals surface area (Å²) >= 11 is 0. The number of rotatable bonds is 3. The molecule has 0 spiro atoms. The van der Waals surface area contributed by atoms with Crippen LogP contribution in [-0.2, 0) is 0 Å². The van der Waals surface area contributed by atoms with Crippen molar-refractivity contribution in [2.45, 2.75) is 18.8 Å². The Hall–Kier alpha value is -2.68. The topological polar surface area (TPSA) is 29.1 Å². The first-order valence-corrected chi connectivity index (χ1v) is 7.80. The van der Waals surface area contributed by atoms with Crippen LogP contribution in [0.1, 0.15) is 34.7 Å². The predicted octanol–water partition coefficient (Wildman–Crippen LogP) is 5.11. The van der Waals surface area contributed by atoms with Crippen molar-refractivity contribution in [3.8, 4) is 0 Å². The van der Waals surface area contributed by atoms with Crippen LogP contribution in [0.2, 0.25) is 0 Å². The lowest BCUT2D eigenvalue weighted by Gasteiger charge is -2.10. The van der Waals surface area contributed by atoms with Crippen molar-refractivity contribution in [1.82, 2.24) is 0 Å². The fraction of sp³-hybridized carbons (Fsp3) is 0.150. The molecule has 1 N–H and O–H groups in total. The third-order valence-electron chi connectivity index (χ3n) is 4.31. The van der Waals surface area contributed by atoms with Crippen molar-refractivity contribution >= 4 is 22.4 Å². The summed E-state index contributed by atoms with van der Waals surface area (Å²) in [4.78, 5) is 12.3. The second-order valence-corrected chi connectivity index (χ2v) is 6.02. The van der Waals surface area contributed by atoms with Crippen LogP contribution >= 0.6 is 0 Å². The molecule has 4 rings (SSSR count). The molecule has 0 bridgehead atoms. The first-order chi connectivity index (χ1) is 11.2. The Bertz CT molecular complexity index is 882. The molecule has 1 saturated carbocycles. The molecule has 114 valence electrons.